The van der Waals surface area contributed by atoms with E-state index in [1.54, 1.807) is 0 Å². The van der Waals surface area contributed by atoms with Crippen LogP contribution in [0.1, 0.15) is 37.1 Å². The Balaban J connectivity index is 0.00000208. The first-order chi connectivity index (χ1) is 10.9. The van der Waals surface area contributed by atoms with Gasteiger partial charge in [-0.15, -0.1) is 34.2 Å². The summed E-state index contributed by atoms with van der Waals surface area (Å²) in [4.78, 5) is 4.15. The van der Waals surface area contributed by atoms with Gasteiger partial charge in [0, 0.05) is 12.2 Å². The monoisotopic (exact) mass is 454 g/mol. The van der Waals surface area contributed by atoms with E-state index in [2.05, 4.69) is 20.5 Å². The minimum atomic E-state index is -4.41. The van der Waals surface area contributed by atoms with E-state index >= 15 is 0 Å². The second kappa shape index (κ2) is 7.53. The highest BCUT2D eigenvalue weighted by Gasteiger charge is 2.31. The summed E-state index contributed by atoms with van der Waals surface area (Å²) in [5, 5.41) is 10.8. The van der Waals surface area contributed by atoms with Crippen LogP contribution in [-0.4, -0.2) is 26.6 Å². The topological polar surface area (TPSA) is 80.6 Å². The molecule has 0 radical (unpaired) electrons. The van der Waals surface area contributed by atoms with Crippen molar-refractivity contribution in [1.82, 2.24) is 19.9 Å². The molecule has 0 aromatic carbocycles. The van der Waals surface area contributed by atoms with Gasteiger partial charge in [0.2, 0.25) is 0 Å². The largest absolute Gasteiger partial charge is 0.417 e. The second-order valence-corrected chi connectivity index (χ2v) is 5.59. The maximum Gasteiger partial charge on any atom is 0.417 e. The summed E-state index contributed by atoms with van der Waals surface area (Å²) in [6.07, 6.45) is 1.00. The minimum absolute atomic E-state index is 0. The Labute approximate surface area is 153 Å². The van der Waals surface area contributed by atoms with Crippen molar-refractivity contribution >= 4 is 35.6 Å². The molecule has 1 aliphatic rings. The van der Waals surface area contributed by atoms with Crippen LogP contribution in [0.5, 0.6) is 0 Å². The van der Waals surface area contributed by atoms with Crippen LogP contribution in [0.25, 0.3) is 5.65 Å². The van der Waals surface area contributed by atoms with Gasteiger partial charge in [0.05, 0.1) is 5.56 Å². The van der Waals surface area contributed by atoms with Crippen LogP contribution in [0.15, 0.2) is 23.3 Å². The third kappa shape index (κ3) is 4.28. The van der Waals surface area contributed by atoms with E-state index in [1.165, 1.54) is 23.3 Å². The lowest BCUT2D eigenvalue weighted by atomic mass is 10.2. The smallest absolute Gasteiger partial charge is 0.370 e. The Morgan fingerprint density at radius 3 is 2.67 bits per heavy atom. The van der Waals surface area contributed by atoms with Gasteiger partial charge in [0.15, 0.2) is 17.4 Å². The van der Waals surface area contributed by atoms with E-state index in [1.807, 2.05) is 0 Å². The number of pyridine rings is 1. The van der Waals surface area contributed by atoms with Gasteiger partial charge in [-0.3, -0.25) is 4.40 Å². The number of aromatic nitrogens is 3. The number of hydrogen-bond acceptors (Lipinski definition) is 3. The number of alkyl halides is 3. The second-order valence-electron chi connectivity index (χ2n) is 5.59. The summed E-state index contributed by atoms with van der Waals surface area (Å²) in [7, 11) is 0. The van der Waals surface area contributed by atoms with Gasteiger partial charge in [0.1, 0.15) is 6.54 Å². The highest BCUT2D eigenvalue weighted by Crippen LogP contribution is 2.29. The Kier molecular flexibility index (Phi) is 5.88. The van der Waals surface area contributed by atoms with E-state index in [9.17, 15) is 13.2 Å². The number of halogens is 4. The molecule has 2 heterocycles. The molecule has 3 rings (SSSR count). The van der Waals surface area contributed by atoms with E-state index in [-0.39, 0.29) is 36.5 Å². The van der Waals surface area contributed by atoms with Crippen molar-refractivity contribution in [3.05, 3.63) is 29.7 Å². The predicted molar refractivity (Wildman–Crippen MR) is 94.1 cm³/mol. The normalized spacial score (nSPS) is 16.4. The van der Waals surface area contributed by atoms with Crippen LogP contribution < -0.4 is 11.1 Å². The SMILES string of the molecule is I.NC(=NCc1nnc2ccc(C(F)(F)F)cn12)NC1CCCC1. The summed E-state index contributed by atoms with van der Waals surface area (Å²) >= 11 is 0. The number of fused-ring (bicyclic) bond motifs is 1. The van der Waals surface area contributed by atoms with Gasteiger partial charge in [-0.05, 0) is 25.0 Å². The van der Waals surface area contributed by atoms with Crippen LogP contribution in [0.4, 0.5) is 13.2 Å². The predicted octanol–water partition coefficient (Wildman–Crippen LogP) is 2.71. The average molecular weight is 454 g/mol. The fourth-order valence-corrected chi connectivity index (χ4v) is 2.69. The molecule has 0 spiro atoms. The molecule has 0 bridgehead atoms. The fourth-order valence-electron chi connectivity index (χ4n) is 2.69. The van der Waals surface area contributed by atoms with Crippen LogP contribution in [0.2, 0.25) is 0 Å². The maximum atomic E-state index is 12.8. The Morgan fingerprint density at radius 1 is 1.29 bits per heavy atom. The van der Waals surface area contributed by atoms with Gasteiger partial charge in [-0.25, -0.2) is 4.99 Å². The summed E-state index contributed by atoms with van der Waals surface area (Å²) in [5.74, 6) is 0.586. The zero-order chi connectivity index (χ0) is 16.4. The first kappa shape index (κ1) is 18.7. The molecule has 2 aromatic rings. The quantitative estimate of drug-likeness (QED) is 0.425. The molecule has 3 N–H and O–H groups in total. The fraction of sp³-hybridized carbons (Fsp3) is 0.500. The van der Waals surface area contributed by atoms with E-state index in [0.717, 1.165) is 25.1 Å². The number of aliphatic imine (C=N–C) groups is 1. The van der Waals surface area contributed by atoms with Crippen molar-refractivity contribution in [2.75, 3.05) is 0 Å². The molecule has 0 aliphatic heterocycles. The van der Waals surface area contributed by atoms with Gasteiger partial charge < -0.3 is 11.1 Å². The molecule has 1 fully saturated rings. The van der Waals surface area contributed by atoms with E-state index in [0.29, 0.717) is 17.5 Å². The molecule has 0 saturated heterocycles. The van der Waals surface area contributed by atoms with E-state index < -0.39 is 11.7 Å². The molecule has 10 heteroatoms. The van der Waals surface area contributed by atoms with Gasteiger partial charge in [-0.1, -0.05) is 12.8 Å². The van der Waals surface area contributed by atoms with Crippen molar-refractivity contribution in [1.29, 1.82) is 0 Å². The maximum absolute atomic E-state index is 12.8. The number of nitrogens with zero attached hydrogens (tertiary/aromatic N) is 4. The van der Waals surface area contributed by atoms with Gasteiger partial charge in [0.25, 0.3) is 0 Å². The Hall–Kier alpha value is -1.59. The lowest BCUT2D eigenvalue weighted by Crippen LogP contribution is -2.38. The van der Waals surface area contributed by atoms with Crippen LogP contribution in [-0.2, 0) is 12.7 Å². The molecule has 6 nitrogen and oxygen atoms in total. The number of guanidine groups is 1. The lowest BCUT2D eigenvalue weighted by molar-refractivity contribution is -0.137. The van der Waals surface area contributed by atoms with Gasteiger partial charge >= 0.3 is 6.18 Å². The van der Waals surface area contributed by atoms with E-state index in [4.69, 9.17) is 5.73 Å². The molecule has 132 valence electrons. The Bertz CT molecular complexity index is 721. The molecule has 24 heavy (non-hydrogen) atoms. The molecule has 2 aromatic heterocycles. The molecular weight excluding hydrogens is 436 g/mol. The molecule has 0 atom stereocenters. The lowest BCUT2D eigenvalue weighted by Gasteiger charge is -2.12. The summed E-state index contributed by atoms with van der Waals surface area (Å²) in [6, 6.07) is 2.58. The van der Waals surface area contributed by atoms with Crippen LogP contribution >= 0.6 is 24.0 Å². The number of nitrogens with two attached hydrogens (primary N) is 1. The third-order valence-electron chi connectivity index (χ3n) is 3.90. The average Bonchev–Trinajstić information content (AvgIpc) is 3.13. The zero-order valence-corrected chi connectivity index (χ0v) is 15.1. The molecule has 1 saturated carbocycles. The highest BCUT2D eigenvalue weighted by atomic mass is 127. The first-order valence-corrected chi connectivity index (χ1v) is 7.41. The zero-order valence-electron chi connectivity index (χ0n) is 12.8. The molecule has 0 amide bonds. The van der Waals surface area contributed by atoms with Crippen LogP contribution in [0, 0.1) is 0 Å². The van der Waals surface area contributed by atoms with Gasteiger partial charge in [-0.2, -0.15) is 13.2 Å². The highest BCUT2D eigenvalue weighted by molar-refractivity contribution is 14.0. The van der Waals surface area contributed by atoms with Crippen molar-refractivity contribution in [3.63, 3.8) is 0 Å². The first-order valence-electron chi connectivity index (χ1n) is 7.41. The Morgan fingerprint density at radius 2 is 2.00 bits per heavy atom. The van der Waals surface area contributed by atoms with Crippen molar-refractivity contribution in [3.8, 4) is 0 Å². The number of hydrogen-bond donors (Lipinski definition) is 2. The minimum Gasteiger partial charge on any atom is -0.370 e. The van der Waals surface area contributed by atoms with Crippen molar-refractivity contribution in [2.45, 2.75) is 44.4 Å². The standard InChI is InChI=1S/C14H17F3N6.HI/c15-14(16,17)9-5-6-11-21-22-12(23(11)8-9)7-19-13(18)20-10-3-1-2-4-10;/h5-6,8,10H,1-4,7H2,(H3,18,19,20);1H. The van der Waals surface area contributed by atoms with Crippen molar-refractivity contribution < 1.29 is 13.2 Å². The number of rotatable bonds is 3. The number of nitrogens with one attached hydrogen (secondary N) is 1. The molecule has 0 unspecified atom stereocenters. The third-order valence-corrected chi connectivity index (χ3v) is 3.90. The summed E-state index contributed by atoms with van der Waals surface area (Å²) < 4.78 is 39.6. The van der Waals surface area contributed by atoms with Crippen LogP contribution in [0.3, 0.4) is 0 Å². The molecular formula is C14H18F3IN6. The molecule has 1 aliphatic carbocycles. The van der Waals surface area contributed by atoms with Crippen molar-refractivity contribution in [2.24, 2.45) is 10.7 Å². The summed E-state index contributed by atoms with van der Waals surface area (Å²) in [5.41, 5.74) is 5.40. The summed E-state index contributed by atoms with van der Waals surface area (Å²) in [6.45, 7) is 0.0635.